The number of hydrogen-bond acceptors (Lipinski definition) is 5. The minimum Gasteiger partial charge on any atom is -0.393 e. The van der Waals surface area contributed by atoms with Gasteiger partial charge in [-0.1, -0.05) is 121 Å². The molecule has 10 aliphatic rings. The molecule has 360 valence electrons. The fourth-order valence-corrected chi connectivity index (χ4v) is 20.1. The number of hydrogen-bond donors (Lipinski definition) is 2. The van der Waals surface area contributed by atoms with E-state index in [1.165, 1.54) is 22.3 Å². The number of allylic oxidation sites excluding steroid dienone is 6. The third-order valence-electron chi connectivity index (χ3n) is 25.0. The van der Waals surface area contributed by atoms with Crippen LogP contribution < -0.4 is 0 Å². The molecule has 10 rings (SSSR count). The van der Waals surface area contributed by atoms with Crippen molar-refractivity contribution in [3.05, 3.63) is 46.6 Å². The highest BCUT2D eigenvalue weighted by Gasteiger charge is 2.70. The van der Waals surface area contributed by atoms with Crippen LogP contribution in [0.2, 0.25) is 0 Å². The third kappa shape index (κ3) is 5.81. The summed E-state index contributed by atoms with van der Waals surface area (Å²) in [4.78, 5) is 31.1. The molecule has 0 aromatic carbocycles. The molecule has 0 bridgehead atoms. The number of rotatable bonds is 2. The van der Waals surface area contributed by atoms with Crippen LogP contribution in [0.15, 0.2) is 46.6 Å². The van der Waals surface area contributed by atoms with Gasteiger partial charge in [0.25, 0.3) is 0 Å². The Bertz CT molecular complexity index is 2050. The van der Waals surface area contributed by atoms with Crippen molar-refractivity contribution in [1.82, 2.24) is 0 Å². The van der Waals surface area contributed by atoms with Crippen molar-refractivity contribution in [3.63, 3.8) is 0 Å². The van der Waals surface area contributed by atoms with Crippen LogP contribution in [-0.2, 0) is 14.3 Å². The normalized spacial score (nSPS) is 50.8. The highest BCUT2D eigenvalue weighted by atomic mass is 16.6. The molecule has 0 aromatic heterocycles. The first-order valence-corrected chi connectivity index (χ1v) is 26.9. The number of aliphatic hydroxyl groups is 2. The minimum atomic E-state index is -0.784. The molecule has 2 N–H and O–H groups in total. The molecule has 0 amide bonds. The Morgan fingerprint density at radius 1 is 0.477 bits per heavy atom. The van der Waals surface area contributed by atoms with Gasteiger partial charge in [0, 0.05) is 0 Å². The molecular weight excluding hydrogens is 801 g/mol. The second kappa shape index (κ2) is 13.9. The Labute approximate surface area is 394 Å². The van der Waals surface area contributed by atoms with Crippen LogP contribution in [0.3, 0.4) is 0 Å². The highest BCUT2D eigenvalue weighted by Crippen LogP contribution is 2.77. The van der Waals surface area contributed by atoms with Crippen molar-refractivity contribution in [1.29, 1.82) is 0 Å². The van der Waals surface area contributed by atoms with Crippen molar-refractivity contribution in [2.45, 2.75) is 225 Å². The monoisotopic (exact) mass is 891 g/mol. The molecule has 0 radical (unpaired) electrons. The van der Waals surface area contributed by atoms with Crippen LogP contribution in [0.1, 0.15) is 213 Å². The van der Waals surface area contributed by atoms with E-state index in [9.17, 15) is 10.2 Å². The lowest BCUT2D eigenvalue weighted by Crippen LogP contribution is -2.63. The molecule has 0 heterocycles. The van der Waals surface area contributed by atoms with Crippen molar-refractivity contribution >= 4 is 11.9 Å². The SMILES string of the molecule is CC1(C)CC[C@]2(C(=O)OC(=O)[C@]34CCC(C)(C)CC3=C3C=C[C@@H]5[C@@]6(C)CC[C@@H](O)C(C)(C)[C@@H]6CC[C@@]5(C)[C@]3(C)CC4)CC[C@]3(C)C(=C2C1)C=C[C@@H]1[C@@]2(C)CC[C@@H](O)C(C)(C)[C@@H]2CC[C@]13C. The maximum atomic E-state index is 15.6. The van der Waals surface area contributed by atoms with Crippen molar-refractivity contribution in [2.75, 3.05) is 0 Å². The van der Waals surface area contributed by atoms with Gasteiger partial charge in [-0.3, -0.25) is 9.59 Å². The molecule has 0 unspecified atom stereocenters. The van der Waals surface area contributed by atoms with Crippen molar-refractivity contribution in [3.8, 4) is 0 Å². The summed E-state index contributed by atoms with van der Waals surface area (Å²) in [6.45, 7) is 34.1. The number of carbonyl (C=O) groups is 2. The van der Waals surface area contributed by atoms with E-state index in [2.05, 4.69) is 121 Å². The summed E-state index contributed by atoms with van der Waals surface area (Å²) in [6.07, 6.45) is 26.3. The lowest BCUT2D eigenvalue weighted by Gasteiger charge is -2.69. The zero-order valence-corrected chi connectivity index (χ0v) is 43.6. The van der Waals surface area contributed by atoms with Gasteiger partial charge in [-0.25, -0.2) is 0 Å². The summed E-state index contributed by atoms with van der Waals surface area (Å²) in [5.41, 5.74) is 3.68. The maximum absolute atomic E-state index is 15.6. The summed E-state index contributed by atoms with van der Waals surface area (Å²) in [6, 6.07) is 0. The van der Waals surface area contributed by atoms with E-state index in [0.717, 1.165) is 116 Å². The van der Waals surface area contributed by atoms with Gasteiger partial charge in [-0.2, -0.15) is 0 Å². The predicted octanol–water partition coefficient (Wildman–Crippen LogP) is 14.2. The molecular formula is C60H90O5. The number of ether oxygens (including phenoxy) is 1. The zero-order chi connectivity index (χ0) is 47.2. The summed E-state index contributed by atoms with van der Waals surface area (Å²) in [5, 5.41) is 22.5. The smallest absolute Gasteiger partial charge is 0.323 e. The summed E-state index contributed by atoms with van der Waals surface area (Å²) in [5.74, 6) is 1.20. The second-order valence-electron chi connectivity index (χ2n) is 29.4. The van der Waals surface area contributed by atoms with Crippen LogP contribution in [0.4, 0.5) is 0 Å². The van der Waals surface area contributed by atoms with E-state index >= 15 is 9.59 Å². The Hall–Kier alpha value is -1.98. The fraction of sp³-hybridized carbons (Fsp3) is 0.833. The molecule has 0 aliphatic heterocycles. The number of fused-ring (bicyclic) bond motifs is 12. The van der Waals surface area contributed by atoms with E-state index in [1.807, 2.05) is 0 Å². The highest BCUT2D eigenvalue weighted by molar-refractivity contribution is 5.95. The minimum absolute atomic E-state index is 0.0269. The van der Waals surface area contributed by atoms with Gasteiger partial charge in [0.1, 0.15) is 0 Å². The molecule has 0 spiro atoms. The first-order valence-electron chi connectivity index (χ1n) is 26.9. The average molecular weight is 891 g/mol. The fourth-order valence-electron chi connectivity index (χ4n) is 20.1. The van der Waals surface area contributed by atoms with Gasteiger partial charge in [0.15, 0.2) is 0 Å². The van der Waals surface area contributed by atoms with Gasteiger partial charge >= 0.3 is 11.9 Å². The van der Waals surface area contributed by atoms with E-state index in [0.29, 0.717) is 23.7 Å². The lowest BCUT2D eigenvalue weighted by molar-refractivity contribution is -0.188. The summed E-state index contributed by atoms with van der Waals surface area (Å²) < 4.78 is 6.67. The molecule has 0 saturated heterocycles. The largest absolute Gasteiger partial charge is 0.393 e. The number of carbonyl (C=O) groups excluding carboxylic acids is 2. The summed E-state index contributed by atoms with van der Waals surface area (Å²) in [7, 11) is 0. The van der Waals surface area contributed by atoms with E-state index in [-0.39, 0.29) is 78.3 Å². The standard InChI is InChI=1S/C60H90O5/c1-49(2)27-31-59(33-29-55(11)37(39(59)35-49)15-17-43-53(9)23-21-45(61)51(5,6)41(53)19-25-57(43,55)13)47(63)65-48(64)60-32-28-50(3,4)36-40(60)38-16-18-44-54(10)24-22-46(62)52(7,8)42(54)20-26-58(44,14)56(38,12)30-34-60/h15-18,41-46,61-62H,19-36H2,1-14H3/t41-,42-,43+,44+,45+,46+,53-,54-,55+,56+,57+,58+,59-,60-/m0/s1. The number of aliphatic hydroxyl groups excluding tert-OH is 2. The first-order chi connectivity index (χ1) is 29.9. The van der Waals surface area contributed by atoms with Crippen LogP contribution >= 0.6 is 0 Å². The maximum Gasteiger partial charge on any atom is 0.323 e. The quantitative estimate of drug-likeness (QED) is 0.213. The topological polar surface area (TPSA) is 83.8 Å². The van der Waals surface area contributed by atoms with Crippen LogP contribution in [0.25, 0.3) is 0 Å². The molecule has 6 saturated carbocycles. The van der Waals surface area contributed by atoms with E-state index in [4.69, 9.17) is 4.74 Å². The lowest BCUT2D eigenvalue weighted by atomic mass is 9.35. The molecule has 6 fully saturated rings. The van der Waals surface area contributed by atoms with Gasteiger partial charge < -0.3 is 14.9 Å². The first kappa shape index (κ1) is 46.7. The van der Waals surface area contributed by atoms with Crippen LogP contribution in [0, 0.1) is 88.7 Å². The van der Waals surface area contributed by atoms with Gasteiger partial charge in [0.05, 0.1) is 23.0 Å². The third-order valence-corrected chi connectivity index (χ3v) is 25.0. The molecule has 65 heavy (non-hydrogen) atoms. The van der Waals surface area contributed by atoms with E-state index < -0.39 is 10.8 Å². The molecule has 10 aliphatic carbocycles. The Morgan fingerprint density at radius 3 is 1.20 bits per heavy atom. The summed E-state index contributed by atoms with van der Waals surface area (Å²) >= 11 is 0. The van der Waals surface area contributed by atoms with Crippen LogP contribution in [0.5, 0.6) is 0 Å². The molecule has 5 nitrogen and oxygen atoms in total. The number of esters is 2. The Morgan fingerprint density at radius 2 is 0.831 bits per heavy atom. The molecule has 0 aromatic rings. The zero-order valence-electron chi connectivity index (χ0n) is 43.6. The van der Waals surface area contributed by atoms with Crippen molar-refractivity contribution in [2.24, 2.45) is 88.7 Å². The Kier molecular flexibility index (Phi) is 9.97. The predicted molar refractivity (Wildman–Crippen MR) is 261 cm³/mol. The van der Waals surface area contributed by atoms with Gasteiger partial charge in [-0.15, -0.1) is 0 Å². The Balaban J connectivity index is 1.02. The van der Waals surface area contributed by atoms with Crippen LogP contribution in [-0.4, -0.2) is 34.4 Å². The van der Waals surface area contributed by atoms with Crippen molar-refractivity contribution < 1.29 is 24.5 Å². The van der Waals surface area contributed by atoms with Gasteiger partial charge in [0.2, 0.25) is 0 Å². The molecule has 5 heteroatoms. The van der Waals surface area contributed by atoms with Gasteiger partial charge in [-0.05, 0) is 216 Å². The van der Waals surface area contributed by atoms with E-state index in [1.54, 1.807) is 0 Å². The molecule has 14 atom stereocenters. The average Bonchev–Trinajstić information content (AvgIpc) is 3.21. The second-order valence-corrected chi connectivity index (χ2v) is 29.4.